The molecule has 3 rings (SSSR count). The zero-order valence-electron chi connectivity index (χ0n) is 11.2. The predicted molar refractivity (Wildman–Crippen MR) is 80.3 cm³/mol. The number of nitrogens with zero attached hydrogens (tertiary/aromatic N) is 1. The molecular formula is C16H14FN3O. The number of nitrogens with two attached hydrogens (primary N) is 1. The number of fused-ring (bicyclic) bond motifs is 1. The molecule has 0 amide bonds. The summed E-state index contributed by atoms with van der Waals surface area (Å²) in [6.45, 7) is 0.186. The Bertz CT molecular complexity index is 776. The van der Waals surface area contributed by atoms with E-state index >= 15 is 0 Å². The first kappa shape index (κ1) is 13.3. The molecule has 0 fully saturated rings. The quantitative estimate of drug-likeness (QED) is 0.570. The van der Waals surface area contributed by atoms with Crippen molar-refractivity contribution in [2.24, 2.45) is 5.84 Å². The molecule has 0 spiro atoms. The molecule has 106 valence electrons. The summed E-state index contributed by atoms with van der Waals surface area (Å²) < 4.78 is 19.2. The molecule has 0 saturated heterocycles. The van der Waals surface area contributed by atoms with Crippen LogP contribution in [0.2, 0.25) is 0 Å². The first-order valence-corrected chi connectivity index (χ1v) is 6.49. The van der Waals surface area contributed by atoms with Crippen LogP contribution in [0.3, 0.4) is 0 Å². The third-order valence-corrected chi connectivity index (χ3v) is 3.22. The van der Waals surface area contributed by atoms with E-state index in [-0.39, 0.29) is 12.4 Å². The lowest BCUT2D eigenvalue weighted by atomic mass is 10.1. The van der Waals surface area contributed by atoms with E-state index in [9.17, 15) is 4.39 Å². The van der Waals surface area contributed by atoms with Gasteiger partial charge in [-0.05, 0) is 35.7 Å². The topological polar surface area (TPSA) is 60.2 Å². The predicted octanol–water partition coefficient (Wildman–Crippen LogP) is 3.24. The molecule has 0 atom stereocenters. The van der Waals surface area contributed by atoms with E-state index < -0.39 is 0 Å². The van der Waals surface area contributed by atoms with Gasteiger partial charge in [-0.25, -0.2) is 15.2 Å². The van der Waals surface area contributed by atoms with Crippen LogP contribution in [0.15, 0.2) is 54.7 Å². The van der Waals surface area contributed by atoms with Gasteiger partial charge in [-0.2, -0.15) is 0 Å². The Hall–Kier alpha value is -2.66. The molecule has 4 nitrogen and oxygen atoms in total. The second-order valence-electron chi connectivity index (χ2n) is 4.57. The zero-order chi connectivity index (χ0) is 14.7. The van der Waals surface area contributed by atoms with Gasteiger partial charge >= 0.3 is 0 Å². The Morgan fingerprint density at radius 2 is 2.00 bits per heavy atom. The van der Waals surface area contributed by atoms with Crippen LogP contribution in [0.4, 0.5) is 10.2 Å². The lowest BCUT2D eigenvalue weighted by molar-refractivity contribution is 0.300. The number of aromatic nitrogens is 1. The highest BCUT2D eigenvalue weighted by atomic mass is 19.1. The number of nitrogen functional groups attached to an aromatic ring is 1. The number of benzene rings is 2. The fourth-order valence-corrected chi connectivity index (χ4v) is 2.14. The van der Waals surface area contributed by atoms with Gasteiger partial charge in [-0.15, -0.1) is 0 Å². The summed E-state index contributed by atoms with van der Waals surface area (Å²) >= 11 is 0. The fraction of sp³-hybridized carbons (Fsp3) is 0.0625. The number of hydrogen-bond donors (Lipinski definition) is 2. The van der Waals surface area contributed by atoms with Crippen molar-refractivity contribution in [3.63, 3.8) is 0 Å². The second-order valence-corrected chi connectivity index (χ2v) is 4.57. The van der Waals surface area contributed by atoms with E-state index in [1.165, 1.54) is 6.07 Å². The third kappa shape index (κ3) is 2.78. The highest BCUT2D eigenvalue weighted by molar-refractivity contribution is 5.92. The summed E-state index contributed by atoms with van der Waals surface area (Å²) in [6, 6.07) is 14.0. The molecule has 21 heavy (non-hydrogen) atoms. The lowest BCUT2D eigenvalue weighted by Crippen LogP contribution is -2.08. The van der Waals surface area contributed by atoms with Crippen molar-refractivity contribution in [1.82, 2.24) is 4.98 Å². The Morgan fingerprint density at radius 3 is 2.81 bits per heavy atom. The van der Waals surface area contributed by atoms with E-state index in [1.54, 1.807) is 24.4 Å². The van der Waals surface area contributed by atoms with Gasteiger partial charge < -0.3 is 10.2 Å². The fourth-order valence-electron chi connectivity index (χ4n) is 2.14. The summed E-state index contributed by atoms with van der Waals surface area (Å²) in [6.07, 6.45) is 1.66. The summed E-state index contributed by atoms with van der Waals surface area (Å²) in [5.41, 5.74) is 3.08. The van der Waals surface area contributed by atoms with Gasteiger partial charge in [-0.1, -0.05) is 18.2 Å². The Morgan fingerprint density at radius 1 is 1.14 bits per heavy atom. The molecule has 0 unspecified atom stereocenters. The molecule has 3 N–H and O–H groups in total. The zero-order valence-corrected chi connectivity index (χ0v) is 11.2. The van der Waals surface area contributed by atoms with E-state index in [0.717, 1.165) is 10.8 Å². The van der Waals surface area contributed by atoms with Crippen LogP contribution in [-0.4, -0.2) is 4.98 Å². The standard InChI is InChI=1S/C16H14FN3O/c17-15-4-2-1-3-12(15)10-21-13-5-6-14-11(9-13)7-8-19-16(14)20-18/h1-9H,10,18H2,(H,19,20). The van der Waals surface area contributed by atoms with Crippen molar-refractivity contribution < 1.29 is 9.13 Å². The Balaban J connectivity index is 1.84. The van der Waals surface area contributed by atoms with Crippen LogP contribution in [0, 0.1) is 5.82 Å². The minimum atomic E-state index is -0.267. The van der Waals surface area contributed by atoms with Gasteiger partial charge in [0.2, 0.25) is 0 Å². The van der Waals surface area contributed by atoms with E-state index in [0.29, 0.717) is 17.1 Å². The van der Waals surface area contributed by atoms with Gasteiger partial charge in [0.1, 0.15) is 24.0 Å². The molecular weight excluding hydrogens is 269 g/mol. The van der Waals surface area contributed by atoms with Crippen LogP contribution in [0.1, 0.15) is 5.56 Å². The van der Waals surface area contributed by atoms with Crippen molar-refractivity contribution in [3.8, 4) is 5.75 Å². The number of hydrazine groups is 1. The normalized spacial score (nSPS) is 10.6. The lowest BCUT2D eigenvalue weighted by Gasteiger charge is -2.09. The summed E-state index contributed by atoms with van der Waals surface area (Å²) in [7, 11) is 0. The number of rotatable bonds is 4. The Kier molecular flexibility index (Phi) is 3.66. The molecule has 0 saturated carbocycles. The summed E-state index contributed by atoms with van der Waals surface area (Å²) in [5.74, 6) is 6.42. The molecule has 1 aromatic heterocycles. The smallest absolute Gasteiger partial charge is 0.147 e. The molecule has 0 aliphatic rings. The number of anilines is 1. The molecule has 1 heterocycles. The van der Waals surface area contributed by atoms with Crippen LogP contribution in [0.25, 0.3) is 10.8 Å². The first-order chi connectivity index (χ1) is 10.3. The van der Waals surface area contributed by atoms with Crippen molar-refractivity contribution in [2.75, 3.05) is 5.43 Å². The maximum atomic E-state index is 13.5. The van der Waals surface area contributed by atoms with Gasteiger partial charge in [0.15, 0.2) is 0 Å². The number of pyridine rings is 1. The largest absolute Gasteiger partial charge is 0.489 e. The molecule has 5 heteroatoms. The molecule has 3 aromatic rings. The highest BCUT2D eigenvalue weighted by Crippen LogP contribution is 2.25. The van der Waals surface area contributed by atoms with E-state index in [1.807, 2.05) is 24.3 Å². The average Bonchev–Trinajstić information content (AvgIpc) is 2.53. The van der Waals surface area contributed by atoms with Crippen LogP contribution >= 0.6 is 0 Å². The van der Waals surface area contributed by atoms with Gasteiger partial charge in [0.25, 0.3) is 0 Å². The van der Waals surface area contributed by atoms with Crippen LogP contribution < -0.4 is 16.0 Å². The van der Waals surface area contributed by atoms with Crippen LogP contribution in [0.5, 0.6) is 5.75 Å². The molecule has 0 bridgehead atoms. The number of hydrogen-bond acceptors (Lipinski definition) is 4. The number of halogens is 1. The molecule has 2 aromatic carbocycles. The maximum Gasteiger partial charge on any atom is 0.147 e. The van der Waals surface area contributed by atoms with Crippen molar-refractivity contribution >= 4 is 16.6 Å². The Labute approximate surface area is 121 Å². The van der Waals surface area contributed by atoms with Gasteiger partial charge in [0.05, 0.1) is 0 Å². The third-order valence-electron chi connectivity index (χ3n) is 3.22. The van der Waals surface area contributed by atoms with Crippen molar-refractivity contribution in [3.05, 3.63) is 66.1 Å². The molecule has 0 radical (unpaired) electrons. The SMILES string of the molecule is NNc1nccc2cc(OCc3ccccc3F)ccc12. The van der Waals surface area contributed by atoms with Gasteiger partial charge in [0, 0.05) is 17.1 Å². The summed E-state index contributed by atoms with van der Waals surface area (Å²) in [4.78, 5) is 4.13. The van der Waals surface area contributed by atoms with E-state index in [2.05, 4.69) is 10.4 Å². The van der Waals surface area contributed by atoms with Gasteiger partial charge in [-0.3, -0.25) is 0 Å². The summed E-state index contributed by atoms with van der Waals surface area (Å²) in [5, 5.41) is 1.85. The van der Waals surface area contributed by atoms with Crippen LogP contribution in [-0.2, 0) is 6.61 Å². The minimum Gasteiger partial charge on any atom is -0.489 e. The second kappa shape index (κ2) is 5.76. The van der Waals surface area contributed by atoms with E-state index in [4.69, 9.17) is 10.6 Å². The highest BCUT2D eigenvalue weighted by Gasteiger charge is 2.05. The monoisotopic (exact) mass is 283 g/mol. The molecule has 0 aliphatic heterocycles. The average molecular weight is 283 g/mol. The van der Waals surface area contributed by atoms with Crippen molar-refractivity contribution in [1.29, 1.82) is 0 Å². The minimum absolute atomic E-state index is 0.186. The number of ether oxygens (including phenoxy) is 1. The number of nitrogens with one attached hydrogen (secondary N) is 1. The molecule has 0 aliphatic carbocycles. The first-order valence-electron chi connectivity index (χ1n) is 6.49. The van der Waals surface area contributed by atoms with Crippen molar-refractivity contribution in [2.45, 2.75) is 6.61 Å². The maximum absolute atomic E-state index is 13.5.